The number of rotatable bonds is 15. The molecule has 0 aromatic heterocycles. The second-order valence-corrected chi connectivity index (χ2v) is 11.9. The van der Waals surface area contributed by atoms with Crippen LogP contribution in [0, 0.1) is 5.92 Å². The fourth-order valence-corrected chi connectivity index (χ4v) is 4.57. The number of unbranched alkanes of at least 4 members (excludes halogenated alkanes) is 5. The standard InChI is InChI=1S/C33H49N3O6/c1-8-9-10-11-12-13-22-36(31(39)28(23(2)3)35-32(40)42-33(4,5)6)29(24-14-18-26(37)19-15-24)30(38)34-25-16-20-27(41-7)21-17-25/h14-21,23,28-29,37H,8-13,22H2,1-7H3,(H,34,38)(H,35,40). The molecule has 0 saturated carbocycles. The van der Waals surface area contributed by atoms with Crippen LogP contribution in [0.4, 0.5) is 10.5 Å². The van der Waals surface area contributed by atoms with Gasteiger partial charge in [-0.1, -0.05) is 65.0 Å². The molecule has 2 aromatic rings. The van der Waals surface area contributed by atoms with Gasteiger partial charge in [-0.05, 0) is 75.1 Å². The normalized spacial score (nSPS) is 12.8. The number of carbonyl (C=O) groups excluding carboxylic acids is 3. The van der Waals surface area contributed by atoms with E-state index in [9.17, 15) is 19.5 Å². The van der Waals surface area contributed by atoms with Crippen LogP contribution in [0.2, 0.25) is 0 Å². The number of amides is 3. The Morgan fingerprint density at radius 1 is 0.905 bits per heavy atom. The van der Waals surface area contributed by atoms with Crippen LogP contribution in [0.1, 0.15) is 91.7 Å². The Balaban J connectivity index is 2.47. The van der Waals surface area contributed by atoms with E-state index in [2.05, 4.69) is 17.6 Å². The van der Waals surface area contributed by atoms with Crippen LogP contribution in [-0.4, -0.2) is 53.2 Å². The molecule has 2 unspecified atom stereocenters. The number of benzene rings is 2. The number of anilines is 1. The van der Waals surface area contributed by atoms with Crippen molar-refractivity contribution in [2.24, 2.45) is 5.92 Å². The summed E-state index contributed by atoms with van der Waals surface area (Å²) in [5.74, 6) is -0.371. The van der Waals surface area contributed by atoms with Crippen molar-refractivity contribution in [1.29, 1.82) is 0 Å². The number of phenols is 1. The molecule has 232 valence electrons. The second-order valence-electron chi connectivity index (χ2n) is 11.9. The van der Waals surface area contributed by atoms with Crippen molar-refractivity contribution in [2.45, 2.75) is 97.8 Å². The molecule has 0 radical (unpaired) electrons. The highest BCUT2D eigenvalue weighted by atomic mass is 16.6. The number of nitrogens with zero attached hydrogens (tertiary/aromatic N) is 1. The zero-order valence-corrected chi connectivity index (χ0v) is 26.2. The zero-order valence-electron chi connectivity index (χ0n) is 26.2. The first kappa shape index (κ1) is 34.5. The maximum Gasteiger partial charge on any atom is 0.408 e. The van der Waals surface area contributed by atoms with Gasteiger partial charge in [-0.2, -0.15) is 0 Å². The largest absolute Gasteiger partial charge is 0.508 e. The Kier molecular flexibility index (Phi) is 13.6. The summed E-state index contributed by atoms with van der Waals surface area (Å²) in [6.45, 7) is 11.4. The summed E-state index contributed by atoms with van der Waals surface area (Å²) in [5.41, 5.74) is 0.349. The Labute approximate surface area is 251 Å². The lowest BCUT2D eigenvalue weighted by Crippen LogP contribution is -2.54. The fraction of sp³-hybridized carbons (Fsp3) is 0.545. The highest BCUT2D eigenvalue weighted by Gasteiger charge is 2.37. The molecule has 0 fully saturated rings. The Hall–Kier alpha value is -3.75. The third-order valence-corrected chi connectivity index (χ3v) is 6.77. The minimum Gasteiger partial charge on any atom is -0.508 e. The lowest BCUT2D eigenvalue weighted by Gasteiger charge is -2.35. The van der Waals surface area contributed by atoms with E-state index in [0.29, 0.717) is 30.0 Å². The van der Waals surface area contributed by atoms with Gasteiger partial charge < -0.3 is 30.1 Å². The first-order valence-electron chi connectivity index (χ1n) is 14.9. The first-order chi connectivity index (χ1) is 19.9. The molecule has 2 aromatic carbocycles. The van der Waals surface area contributed by atoms with Gasteiger partial charge in [0.15, 0.2) is 0 Å². The molecule has 0 spiro atoms. The molecule has 0 aliphatic heterocycles. The fourth-order valence-electron chi connectivity index (χ4n) is 4.57. The van der Waals surface area contributed by atoms with Crippen LogP contribution in [-0.2, 0) is 14.3 Å². The summed E-state index contributed by atoms with van der Waals surface area (Å²) in [6.07, 6.45) is 5.32. The average Bonchev–Trinajstić information content (AvgIpc) is 2.92. The Bertz CT molecular complexity index is 1130. The van der Waals surface area contributed by atoms with Gasteiger partial charge in [0.1, 0.15) is 29.2 Å². The van der Waals surface area contributed by atoms with E-state index in [0.717, 1.165) is 32.1 Å². The van der Waals surface area contributed by atoms with Crippen LogP contribution in [0.5, 0.6) is 11.5 Å². The number of methoxy groups -OCH3 is 1. The van der Waals surface area contributed by atoms with Crippen molar-refractivity contribution in [3.8, 4) is 11.5 Å². The van der Waals surface area contributed by atoms with Gasteiger partial charge in [0.25, 0.3) is 5.91 Å². The molecule has 42 heavy (non-hydrogen) atoms. The number of aromatic hydroxyl groups is 1. The summed E-state index contributed by atoms with van der Waals surface area (Å²) in [5, 5.41) is 15.6. The topological polar surface area (TPSA) is 117 Å². The summed E-state index contributed by atoms with van der Waals surface area (Å²) in [7, 11) is 1.57. The van der Waals surface area contributed by atoms with E-state index in [-0.39, 0.29) is 17.6 Å². The minimum absolute atomic E-state index is 0.0495. The van der Waals surface area contributed by atoms with Crippen LogP contribution < -0.4 is 15.4 Å². The lowest BCUT2D eigenvalue weighted by atomic mass is 9.98. The number of hydrogen-bond donors (Lipinski definition) is 3. The van der Waals surface area contributed by atoms with Crippen LogP contribution >= 0.6 is 0 Å². The molecule has 3 N–H and O–H groups in total. The molecule has 0 saturated heterocycles. The van der Waals surface area contributed by atoms with E-state index in [1.165, 1.54) is 12.1 Å². The molecule has 2 atom stereocenters. The second kappa shape index (κ2) is 16.6. The quantitative estimate of drug-likeness (QED) is 0.198. The third-order valence-electron chi connectivity index (χ3n) is 6.77. The van der Waals surface area contributed by atoms with Crippen molar-refractivity contribution >= 4 is 23.6 Å². The average molecular weight is 584 g/mol. The van der Waals surface area contributed by atoms with Crippen molar-refractivity contribution in [1.82, 2.24) is 10.2 Å². The van der Waals surface area contributed by atoms with E-state index in [1.807, 2.05) is 13.8 Å². The maximum absolute atomic E-state index is 14.3. The third kappa shape index (κ3) is 11.3. The molecule has 2 rings (SSSR count). The molecule has 0 aliphatic rings. The van der Waals surface area contributed by atoms with Gasteiger partial charge in [0.05, 0.1) is 7.11 Å². The molecule has 0 bridgehead atoms. The highest BCUT2D eigenvalue weighted by Crippen LogP contribution is 2.28. The SMILES string of the molecule is CCCCCCCCN(C(=O)C(NC(=O)OC(C)(C)C)C(C)C)C(C(=O)Nc1ccc(OC)cc1)c1ccc(O)cc1. The number of carbonyl (C=O) groups is 3. The number of ether oxygens (including phenoxy) is 2. The number of phenolic OH excluding ortho intramolecular Hbond substituents is 1. The van der Waals surface area contributed by atoms with E-state index in [4.69, 9.17) is 9.47 Å². The van der Waals surface area contributed by atoms with Gasteiger partial charge in [0, 0.05) is 12.2 Å². The smallest absolute Gasteiger partial charge is 0.408 e. The number of alkyl carbamates (subject to hydrolysis) is 1. The molecule has 0 heterocycles. The van der Waals surface area contributed by atoms with Gasteiger partial charge >= 0.3 is 6.09 Å². The van der Waals surface area contributed by atoms with Gasteiger partial charge in [-0.25, -0.2) is 4.79 Å². The van der Waals surface area contributed by atoms with Crippen LogP contribution in [0.15, 0.2) is 48.5 Å². The lowest BCUT2D eigenvalue weighted by molar-refractivity contribution is -0.141. The van der Waals surface area contributed by atoms with Crippen LogP contribution in [0.3, 0.4) is 0 Å². The van der Waals surface area contributed by atoms with Crippen molar-refractivity contribution in [3.63, 3.8) is 0 Å². The number of nitrogens with one attached hydrogen (secondary N) is 2. The van der Waals surface area contributed by atoms with Crippen molar-refractivity contribution in [3.05, 3.63) is 54.1 Å². The van der Waals surface area contributed by atoms with Crippen LogP contribution in [0.25, 0.3) is 0 Å². The summed E-state index contributed by atoms with van der Waals surface area (Å²) in [6, 6.07) is 11.3. The maximum atomic E-state index is 14.3. The van der Waals surface area contributed by atoms with Crippen molar-refractivity contribution < 1.29 is 29.0 Å². The van der Waals surface area contributed by atoms with E-state index >= 15 is 0 Å². The van der Waals surface area contributed by atoms with E-state index < -0.39 is 29.7 Å². The van der Waals surface area contributed by atoms with Crippen molar-refractivity contribution in [2.75, 3.05) is 19.0 Å². The van der Waals surface area contributed by atoms with Gasteiger partial charge in [-0.3, -0.25) is 9.59 Å². The Morgan fingerprint density at radius 2 is 1.50 bits per heavy atom. The molecule has 0 aliphatic carbocycles. The van der Waals surface area contributed by atoms with Gasteiger partial charge in [0.2, 0.25) is 5.91 Å². The highest BCUT2D eigenvalue weighted by molar-refractivity contribution is 5.99. The first-order valence-corrected chi connectivity index (χ1v) is 14.9. The van der Waals surface area contributed by atoms with E-state index in [1.54, 1.807) is 69.2 Å². The molecule has 3 amide bonds. The van der Waals surface area contributed by atoms with Gasteiger partial charge in [-0.15, -0.1) is 0 Å². The monoisotopic (exact) mass is 583 g/mol. The molecule has 9 heteroatoms. The molecular formula is C33H49N3O6. The number of hydrogen-bond acceptors (Lipinski definition) is 6. The summed E-state index contributed by atoms with van der Waals surface area (Å²) in [4.78, 5) is 42.5. The zero-order chi connectivity index (χ0) is 31.3. The summed E-state index contributed by atoms with van der Waals surface area (Å²) < 4.78 is 10.7. The predicted octanol–water partition coefficient (Wildman–Crippen LogP) is 6.82. The predicted molar refractivity (Wildman–Crippen MR) is 166 cm³/mol. The molecule has 9 nitrogen and oxygen atoms in total. The molecular weight excluding hydrogens is 534 g/mol. The minimum atomic E-state index is -1.02. The Morgan fingerprint density at radius 3 is 2.05 bits per heavy atom. The summed E-state index contributed by atoms with van der Waals surface area (Å²) >= 11 is 0.